The first-order valence-electron chi connectivity index (χ1n) is 10.5. The lowest BCUT2D eigenvalue weighted by molar-refractivity contribution is 0.0884. The number of nitrogens with two attached hydrogens (primary N) is 1. The van der Waals surface area contributed by atoms with Gasteiger partial charge in [-0.05, 0) is 49.2 Å². The van der Waals surface area contributed by atoms with Gasteiger partial charge >= 0.3 is 0 Å². The number of fused-ring (bicyclic) bond motifs is 1. The van der Waals surface area contributed by atoms with E-state index in [2.05, 4.69) is 22.1 Å². The maximum Gasteiger partial charge on any atom is 0.271 e. The summed E-state index contributed by atoms with van der Waals surface area (Å²) in [5, 5.41) is 34.0. The molecule has 0 aromatic carbocycles. The van der Waals surface area contributed by atoms with Crippen molar-refractivity contribution in [3.8, 4) is 40.7 Å². The summed E-state index contributed by atoms with van der Waals surface area (Å²) in [4.78, 5) is 25.0. The monoisotopic (exact) mass is 450 g/mol. The maximum atomic E-state index is 11.6. The van der Waals surface area contributed by atoms with Crippen LogP contribution in [-0.4, -0.2) is 35.7 Å². The van der Waals surface area contributed by atoms with E-state index in [9.17, 15) is 20.4 Å². The minimum atomic E-state index is -0.851. The third-order valence-electron chi connectivity index (χ3n) is 6.13. The van der Waals surface area contributed by atoms with Gasteiger partial charge in [-0.1, -0.05) is 0 Å². The number of primary amides is 1. The molecule has 0 spiro atoms. The van der Waals surface area contributed by atoms with Gasteiger partial charge in [0.15, 0.2) is 5.69 Å². The Balaban J connectivity index is 1.63. The molecule has 1 aliphatic carbocycles. The number of amides is 1. The third-order valence-corrected chi connectivity index (χ3v) is 6.13. The molecule has 10 heteroatoms. The molecule has 10 nitrogen and oxygen atoms in total. The molecular weight excluding hydrogens is 432 g/mol. The van der Waals surface area contributed by atoms with E-state index in [1.54, 1.807) is 35.3 Å². The van der Waals surface area contributed by atoms with Crippen molar-refractivity contribution in [1.29, 1.82) is 10.5 Å². The van der Waals surface area contributed by atoms with Crippen LogP contribution in [0, 0.1) is 28.6 Å². The molecule has 0 unspecified atom stereocenters. The van der Waals surface area contributed by atoms with Crippen LogP contribution >= 0.6 is 0 Å². The molecule has 1 fully saturated rings. The van der Waals surface area contributed by atoms with E-state index in [-0.39, 0.29) is 23.8 Å². The Hall–Kier alpha value is -4.83. The fourth-order valence-electron chi connectivity index (χ4n) is 4.40. The highest BCUT2D eigenvalue weighted by atomic mass is 16.3. The SMILES string of the molecule is N#CC[C@]1(n2ccc(-c3nc(-c4ccc(O)c(C(N)=O)n4)cc4ncccc34)n2)C[C@@H](C#N)C1. The Bertz CT molecular complexity index is 1520. The van der Waals surface area contributed by atoms with Crippen LogP contribution < -0.4 is 5.73 Å². The molecule has 4 heterocycles. The highest BCUT2D eigenvalue weighted by Crippen LogP contribution is 2.46. The van der Waals surface area contributed by atoms with Crippen LogP contribution in [0.2, 0.25) is 0 Å². The van der Waals surface area contributed by atoms with Crippen molar-refractivity contribution in [2.45, 2.75) is 24.8 Å². The molecule has 1 saturated carbocycles. The summed E-state index contributed by atoms with van der Waals surface area (Å²) < 4.78 is 1.76. The Labute approximate surface area is 193 Å². The van der Waals surface area contributed by atoms with Gasteiger partial charge in [0.2, 0.25) is 0 Å². The van der Waals surface area contributed by atoms with Gasteiger partial charge in [-0.15, -0.1) is 0 Å². The summed E-state index contributed by atoms with van der Waals surface area (Å²) in [5.41, 5.74) is 7.12. The number of pyridine rings is 3. The van der Waals surface area contributed by atoms with Crippen molar-refractivity contribution in [1.82, 2.24) is 24.7 Å². The molecule has 5 rings (SSSR count). The van der Waals surface area contributed by atoms with Crippen LogP contribution in [0.5, 0.6) is 5.75 Å². The van der Waals surface area contributed by atoms with E-state index in [1.165, 1.54) is 6.07 Å². The number of nitriles is 2. The second kappa shape index (κ2) is 7.94. The Morgan fingerprint density at radius 3 is 2.74 bits per heavy atom. The number of hydrogen-bond acceptors (Lipinski definition) is 8. The van der Waals surface area contributed by atoms with E-state index < -0.39 is 11.4 Å². The first-order valence-corrected chi connectivity index (χ1v) is 10.5. The summed E-state index contributed by atoms with van der Waals surface area (Å²) in [6.45, 7) is 0. The smallest absolute Gasteiger partial charge is 0.271 e. The third kappa shape index (κ3) is 3.38. The summed E-state index contributed by atoms with van der Waals surface area (Å²) in [6.07, 6.45) is 4.87. The molecule has 0 atom stereocenters. The zero-order chi connectivity index (χ0) is 23.9. The van der Waals surface area contributed by atoms with Crippen LogP contribution in [0.3, 0.4) is 0 Å². The molecule has 0 aliphatic heterocycles. The van der Waals surface area contributed by atoms with Crippen molar-refractivity contribution in [3.63, 3.8) is 0 Å². The van der Waals surface area contributed by atoms with Crippen molar-refractivity contribution in [2.24, 2.45) is 11.7 Å². The van der Waals surface area contributed by atoms with Crippen molar-refractivity contribution in [2.75, 3.05) is 0 Å². The van der Waals surface area contributed by atoms with Crippen LogP contribution in [-0.2, 0) is 5.54 Å². The average Bonchev–Trinajstić information content (AvgIpc) is 3.31. The first kappa shape index (κ1) is 21.0. The highest BCUT2D eigenvalue weighted by Gasteiger charge is 2.46. The number of aromatic nitrogens is 5. The largest absolute Gasteiger partial charge is 0.505 e. The molecule has 1 amide bonds. The lowest BCUT2D eigenvalue weighted by Crippen LogP contribution is -2.46. The van der Waals surface area contributed by atoms with Crippen LogP contribution in [0.15, 0.2) is 48.8 Å². The number of hydrogen-bond donors (Lipinski definition) is 2. The molecule has 0 radical (unpaired) electrons. The number of carbonyl (C=O) groups excluding carboxylic acids is 1. The van der Waals surface area contributed by atoms with E-state index in [0.29, 0.717) is 41.1 Å². The zero-order valence-corrected chi connectivity index (χ0v) is 17.9. The van der Waals surface area contributed by atoms with Gasteiger partial charge in [-0.2, -0.15) is 15.6 Å². The number of nitrogens with zero attached hydrogens (tertiary/aromatic N) is 7. The van der Waals surface area contributed by atoms with E-state index in [4.69, 9.17) is 15.8 Å². The van der Waals surface area contributed by atoms with Gasteiger partial charge in [0, 0.05) is 17.8 Å². The Morgan fingerprint density at radius 2 is 2.00 bits per heavy atom. The molecular formula is C24H18N8O2. The molecule has 166 valence electrons. The molecule has 1 aliphatic rings. The molecule has 4 aromatic heterocycles. The van der Waals surface area contributed by atoms with Crippen LogP contribution in [0.4, 0.5) is 0 Å². The predicted molar refractivity (Wildman–Crippen MR) is 121 cm³/mol. The zero-order valence-electron chi connectivity index (χ0n) is 17.9. The van der Waals surface area contributed by atoms with Gasteiger partial charge < -0.3 is 10.8 Å². The normalized spacial score (nSPS) is 19.2. The maximum absolute atomic E-state index is 11.6. The van der Waals surface area contributed by atoms with E-state index in [1.807, 2.05) is 12.1 Å². The Morgan fingerprint density at radius 1 is 1.18 bits per heavy atom. The summed E-state index contributed by atoms with van der Waals surface area (Å²) in [6, 6.07) is 14.6. The van der Waals surface area contributed by atoms with E-state index in [0.717, 1.165) is 5.39 Å². The van der Waals surface area contributed by atoms with Gasteiger partial charge in [-0.25, -0.2) is 9.97 Å². The second-order valence-corrected chi connectivity index (χ2v) is 8.29. The summed E-state index contributed by atoms with van der Waals surface area (Å²) in [5.74, 6) is -1.25. The fourth-order valence-corrected chi connectivity index (χ4v) is 4.40. The molecule has 0 bridgehead atoms. The van der Waals surface area contributed by atoms with E-state index >= 15 is 0 Å². The fraction of sp³-hybridized carbons (Fsp3) is 0.208. The highest BCUT2D eigenvalue weighted by molar-refractivity contribution is 5.95. The lowest BCUT2D eigenvalue weighted by Gasteiger charge is -2.43. The topological polar surface area (TPSA) is 167 Å². The molecule has 34 heavy (non-hydrogen) atoms. The average molecular weight is 450 g/mol. The number of rotatable bonds is 5. The Kier molecular flexibility index (Phi) is 4.91. The van der Waals surface area contributed by atoms with Crippen LogP contribution in [0.1, 0.15) is 29.8 Å². The van der Waals surface area contributed by atoms with Gasteiger partial charge in [0.25, 0.3) is 5.91 Å². The van der Waals surface area contributed by atoms with Crippen molar-refractivity contribution < 1.29 is 9.90 Å². The summed E-state index contributed by atoms with van der Waals surface area (Å²) >= 11 is 0. The quantitative estimate of drug-likeness (QED) is 0.468. The van der Waals surface area contributed by atoms with Crippen LogP contribution in [0.25, 0.3) is 33.7 Å². The molecule has 3 N–H and O–H groups in total. The van der Waals surface area contributed by atoms with Crippen molar-refractivity contribution >= 4 is 16.8 Å². The standard InChI is InChI=1S/C24H18N8O2/c25-7-6-24(11-14(12-24)13-26)32-9-5-17(31-32)21-15-2-1-8-28-18(15)10-19(30-21)16-3-4-20(33)22(29-16)23(27)34/h1-5,8-10,14,33H,6,11-12H2,(H2,27,34)/t14-,24+. The van der Waals surface area contributed by atoms with Crippen molar-refractivity contribution in [3.05, 3.63) is 54.5 Å². The van der Waals surface area contributed by atoms with Gasteiger partial charge in [-0.3, -0.25) is 14.5 Å². The molecule has 4 aromatic rings. The first-order chi connectivity index (χ1) is 16.4. The lowest BCUT2D eigenvalue weighted by atomic mass is 9.67. The second-order valence-electron chi connectivity index (χ2n) is 8.29. The number of carbonyl (C=O) groups is 1. The van der Waals surface area contributed by atoms with Gasteiger partial charge in [0.1, 0.15) is 17.1 Å². The minimum Gasteiger partial charge on any atom is -0.505 e. The molecule has 0 saturated heterocycles. The minimum absolute atomic E-state index is 0.0903. The van der Waals surface area contributed by atoms with Gasteiger partial charge in [0.05, 0.1) is 46.9 Å². The number of aromatic hydroxyl groups is 1. The predicted octanol–water partition coefficient (Wildman–Crippen LogP) is 2.90. The summed E-state index contributed by atoms with van der Waals surface area (Å²) in [7, 11) is 0.